The van der Waals surface area contributed by atoms with Crippen molar-refractivity contribution in [2.24, 2.45) is 17.8 Å². The molecule has 0 radical (unpaired) electrons. The second kappa shape index (κ2) is 9.53. The molecule has 10 heteroatoms. The lowest BCUT2D eigenvalue weighted by atomic mass is 9.53. The number of epoxide rings is 1. The molecule has 0 spiro atoms. The highest BCUT2D eigenvalue weighted by Crippen LogP contribution is 2.73. The summed E-state index contributed by atoms with van der Waals surface area (Å²) in [7, 11) is 0. The van der Waals surface area contributed by atoms with E-state index in [2.05, 4.69) is 19.6 Å². The van der Waals surface area contributed by atoms with Gasteiger partial charge in [0.25, 0.3) is 0 Å². The van der Waals surface area contributed by atoms with E-state index < -0.39 is 88.9 Å². The molecule has 6 rings (SSSR count). The van der Waals surface area contributed by atoms with Gasteiger partial charge in [-0.3, -0.25) is 9.59 Å². The number of carbonyl (C=O) groups excluding carboxylic acids is 2. The zero-order valence-electron chi connectivity index (χ0n) is 24.6. The molecule has 3 aliphatic carbocycles. The zero-order valence-corrected chi connectivity index (χ0v) is 24.6. The summed E-state index contributed by atoms with van der Waals surface area (Å²) < 4.78 is 32.3. The van der Waals surface area contributed by atoms with E-state index in [1.54, 1.807) is 38.2 Å². The number of ketones is 1. The molecular formula is C32H40O10. The maximum atomic E-state index is 13.6. The highest BCUT2D eigenvalue weighted by molar-refractivity contribution is 6.05. The fourth-order valence-corrected chi connectivity index (χ4v) is 8.45. The highest BCUT2D eigenvalue weighted by Gasteiger charge is 2.90. The van der Waals surface area contributed by atoms with Crippen LogP contribution in [0, 0.1) is 17.8 Å². The first-order valence-corrected chi connectivity index (χ1v) is 14.7. The molecule has 6 aliphatic rings. The Kier molecular flexibility index (Phi) is 6.72. The van der Waals surface area contributed by atoms with E-state index in [1.165, 1.54) is 6.92 Å². The lowest BCUT2D eigenvalue weighted by molar-refractivity contribution is -0.407. The van der Waals surface area contributed by atoms with E-state index in [1.807, 2.05) is 19.1 Å². The summed E-state index contributed by atoms with van der Waals surface area (Å²) in [6.45, 7) is 12.1. The molecule has 3 saturated heterocycles. The lowest BCUT2D eigenvalue weighted by Gasteiger charge is -2.61. The fourth-order valence-electron chi connectivity index (χ4n) is 8.45. The van der Waals surface area contributed by atoms with Crippen LogP contribution in [0.4, 0.5) is 0 Å². The summed E-state index contributed by atoms with van der Waals surface area (Å²) in [5.74, 6) is -5.65. The summed E-state index contributed by atoms with van der Waals surface area (Å²) >= 11 is 0. The molecule has 12 atom stereocenters. The number of rotatable bonds is 8. The van der Waals surface area contributed by atoms with Crippen LogP contribution in [0.25, 0.3) is 0 Å². The molecule has 0 aromatic heterocycles. The number of Topliss-reactive ketones (excluding diaryl/α,β-unsaturated/α-hetero) is 1. The molecule has 0 aromatic carbocycles. The minimum Gasteiger partial charge on any atom is -0.459 e. The van der Waals surface area contributed by atoms with Gasteiger partial charge in [0.2, 0.25) is 0 Å². The third-order valence-electron chi connectivity index (χ3n) is 10.3. The van der Waals surface area contributed by atoms with Crippen molar-refractivity contribution in [1.29, 1.82) is 0 Å². The number of fused-ring (bicyclic) bond motifs is 3. The molecule has 42 heavy (non-hydrogen) atoms. The molecule has 10 nitrogen and oxygen atoms in total. The topological polar surface area (TPSA) is 144 Å². The maximum absolute atomic E-state index is 13.6. The minimum absolute atomic E-state index is 0.240. The summed E-state index contributed by atoms with van der Waals surface area (Å²) in [5.41, 5.74) is -6.19. The van der Waals surface area contributed by atoms with Crippen LogP contribution < -0.4 is 0 Å². The first kappa shape index (κ1) is 29.6. The summed E-state index contributed by atoms with van der Waals surface area (Å²) in [4.78, 5) is 26.2. The van der Waals surface area contributed by atoms with Gasteiger partial charge in [-0.05, 0) is 31.4 Å². The predicted molar refractivity (Wildman–Crippen MR) is 148 cm³/mol. The third-order valence-corrected chi connectivity index (χ3v) is 10.3. The molecule has 0 aromatic rings. The Balaban J connectivity index is 1.57. The van der Waals surface area contributed by atoms with E-state index in [0.717, 1.165) is 12.8 Å². The second-order valence-corrected chi connectivity index (χ2v) is 12.6. The van der Waals surface area contributed by atoms with Gasteiger partial charge >= 0.3 is 11.9 Å². The molecular weight excluding hydrogens is 544 g/mol. The standard InChI is InChI=1S/C32H40O10/c1-7-8-9-10-11-12-13-14-29-40-26-22-25-28(16-33,39-25)27(36)30(37)21(15-18(4)23(30)35)32(22,42-29)19(5)24(38-20(6)34)31(26,41-29)17(2)3/h9-15,19,21-22,24-27,33,36-37H,2,7-8,16H2,1,3-6H3/b10-9-,12-11+,14-13+/t19-,21-,22+,24-,25+,26-,27-,28+,29?,30-,31+,32+/m1/s1. The second-order valence-electron chi connectivity index (χ2n) is 12.6. The Bertz CT molecular complexity index is 1330. The van der Waals surface area contributed by atoms with Crippen LogP contribution >= 0.6 is 0 Å². The van der Waals surface area contributed by atoms with E-state index in [0.29, 0.717) is 5.57 Å². The number of aliphatic hydroxyl groups is 3. The van der Waals surface area contributed by atoms with Crippen LogP contribution in [0.3, 0.4) is 0 Å². The molecule has 3 aliphatic heterocycles. The Morgan fingerprint density at radius 3 is 2.50 bits per heavy atom. The number of carbonyl (C=O) groups is 2. The molecule has 3 N–H and O–H groups in total. The van der Waals surface area contributed by atoms with Gasteiger partial charge in [0.1, 0.15) is 30.0 Å². The SMILES string of the molecule is C=C(C)[C@@]12OC3(/C=C/C=C/C=C\CCC)O[C@@H]1[C@@H]1[C@@H]4O[C@]4(CO)[C@@H](O)[C@]4(O)C(=O)C(C)=C[C@H]4[C@@]1(O3)[C@H](C)[C@H]2OC(C)=O. The minimum atomic E-state index is -2.39. The van der Waals surface area contributed by atoms with Crippen molar-refractivity contribution in [2.75, 3.05) is 6.61 Å². The number of hydrogen-bond acceptors (Lipinski definition) is 10. The normalized spacial score (nSPS) is 50.1. The Morgan fingerprint density at radius 2 is 1.86 bits per heavy atom. The first-order chi connectivity index (χ1) is 19.8. The van der Waals surface area contributed by atoms with Crippen LogP contribution in [0.15, 0.2) is 60.3 Å². The number of aliphatic hydroxyl groups excluding tert-OH is 2. The monoisotopic (exact) mass is 584 g/mol. The number of hydrogen-bond donors (Lipinski definition) is 3. The molecule has 1 unspecified atom stereocenters. The van der Waals surface area contributed by atoms with Gasteiger partial charge in [-0.1, -0.05) is 63.3 Å². The van der Waals surface area contributed by atoms with Gasteiger partial charge in [-0.2, -0.15) is 0 Å². The summed E-state index contributed by atoms with van der Waals surface area (Å²) in [6, 6.07) is 0. The predicted octanol–water partition coefficient (Wildman–Crippen LogP) is 2.19. The maximum Gasteiger partial charge on any atom is 0.307 e. The Morgan fingerprint density at radius 1 is 1.14 bits per heavy atom. The number of ether oxygens (including phenoxy) is 5. The van der Waals surface area contributed by atoms with E-state index in [9.17, 15) is 24.9 Å². The van der Waals surface area contributed by atoms with Gasteiger partial charge in [0.15, 0.2) is 17.0 Å². The summed E-state index contributed by atoms with van der Waals surface area (Å²) in [5, 5.41) is 34.4. The van der Waals surface area contributed by atoms with Crippen molar-refractivity contribution >= 4 is 11.8 Å². The Hall–Kier alpha value is -2.44. The van der Waals surface area contributed by atoms with Crippen LogP contribution in [-0.2, 0) is 33.3 Å². The van der Waals surface area contributed by atoms with Gasteiger partial charge < -0.3 is 39.0 Å². The van der Waals surface area contributed by atoms with Crippen molar-refractivity contribution in [3.05, 3.63) is 60.3 Å². The summed E-state index contributed by atoms with van der Waals surface area (Å²) in [6.07, 6.45) is 10.0. The number of unbranched alkanes of at least 4 members (excludes halogenated alkanes) is 1. The zero-order chi connectivity index (χ0) is 30.5. The van der Waals surface area contributed by atoms with Gasteiger partial charge in [-0.25, -0.2) is 0 Å². The highest BCUT2D eigenvalue weighted by atomic mass is 16.9. The Labute approximate surface area is 245 Å². The lowest BCUT2D eigenvalue weighted by Crippen LogP contribution is -2.76. The van der Waals surface area contributed by atoms with Gasteiger partial charge in [0, 0.05) is 30.8 Å². The van der Waals surface area contributed by atoms with E-state index >= 15 is 0 Å². The number of allylic oxidation sites excluding steroid dienone is 5. The molecule has 228 valence electrons. The first-order valence-electron chi connectivity index (χ1n) is 14.7. The fraction of sp³-hybridized carbons (Fsp3) is 0.625. The van der Waals surface area contributed by atoms with Crippen molar-refractivity contribution in [2.45, 2.75) is 100 Å². The molecule has 5 fully saturated rings. The van der Waals surface area contributed by atoms with Crippen molar-refractivity contribution < 1.29 is 48.6 Å². The van der Waals surface area contributed by atoms with Crippen LogP contribution in [-0.4, -0.2) is 86.5 Å². The largest absolute Gasteiger partial charge is 0.459 e. The van der Waals surface area contributed by atoms with E-state index in [4.69, 9.17) is 23.7 Å². The number of esters is 1. The van der Waals surface area contributed by atoms with Crippen LogP contribution in [0.2, 0.25) is 0 Å². The van der Waals surface area contributed by atoms with Crippen LogP contribution in [0.5, 0.6) is 0 Å². The average molecular weight is 585 g/mol. The van der Waals surface area contributed by atoms with Gasteiger partial charge in [-0.15, -0.1) is 0 Å². The smallest absolute Gasteiger partial charge is 0.307 e. The average Bonchev–Trinajstić information content (AvgIpc) is 3.57. The third kappa shape index (κ3) is 3.45. The van der Waals surface area contributed by atoms with Crippen molar-refractivity contribution in [1.82, 2.24) is 0 Å². The quantitative estimate of drug-likeness (QED) is 0.168. The van der Waals surface area contributed by atoms with Crippen LogP contribution in [0.1, 0.15) is 47.5 Å². The molecule has 2 saturated carbocycles. The van der Waals surface area contributed by atoms with Gasteiger partial charge in [0.05, 0.1) is 12.2 Å². The van der Waals surface area contributed by atoms with E-state index in [-0.39, 0.29) is 5.57 Å². The van der Waals surface area contributed by atoms with Crippen molar-refractivity contribution in [3.63, 3.8) is 0 Å². The molecule has 0 amide bonds. The molecule has 3 heterocycles. The molecule has 3 bridgehead atoms. The van der Waals surface area contributed by atoms with Crippen molar-refractivity contribution in [3.8, 4) is 0 Å².